The van der Waals surface area contributed by atoms with E-state index in [4.69, 9.17) is 19.3 Å². The number of rotatable bonds is 10. The van der Waals surface area contributed by atoms with Crippen LogP contribution in [0.3, 0.4) is 0 Å². The number of ether oxygens (including phenoxy) is 3. The number of likely N-dealkylation sites (tertiary alicyclic amines) is 1. The Bertz CT molecular complexity index is 2330. The standard InChI is InChI=1S/C40H52F4N6O9S.C6H13NO/c1-7-22-27-19-50(28(22)32(51)48-39(18-23(39)31(41)42)35(53)49-60(55,56)38(5)14-15-38)34(52)30(37(2,3)4)47-36(54)59-26-16-20(26)10-8-9-13-40(43,44)29-33(58-27)46-25-17-21(57-6)11-12-24(25)45-29;8-6-5-7-3-1-2-4-7/h11-12,17,20,22-23,26-28,30-31H,7-10,13-16,18-19H2,1-6H3,(H,47,54)(H,48,51)(H,49,53);8H,1-6H2/t20-,22-,23+,26-,27+,28+,30-,39-;/m1./s1. The van der Waals surface area contributed by atoms with Gasteiger partial charge in [0.05, 0.1) is 42.0 Å². The molecular formula is C46H65F4N7O10S. The summed E-state index contributed by atoms with van der Waals surface area (Å²) in [7, 11) is -2.89. The summed E-state index contributed by atoms with van der Waals surface area (Å²) >= 11 is 0. The number of halogens is 4. The van der Waals surface area contributed by atoms with Crippen LogP contribution in [0.5, 0.6) is 11.6 Å². The van der Waals surface area contributed by atoms with Crippen molar-refractivity contribution in [2.24, 2.45) is 23.2 Å². The molecular weight excluding hydrogens is 919 g/mol. The Balaban J connectivity index is 0.000000775. The highest BCUT2D eigenvalue weighted by molar-refractivity contribution is 7.91. The number of aromatic nitrogens is 2. The van der Waals surface area contributed by atoms with Gasteiger partial charge in [-0.25, -0.2) is 32.0 Å². The van der Waals surface area contributed by atoms with Crippen LogP contribution in [0.4, 0.5) is 22.4 Å². The van der Waals surface area contributed by atoms with Gasteiger partial charge >= 0.3 is 6.09 Å². The number of fused-ring (bicyclic) bond motifs is 5. The Hall–Kier alpha value is -4.57. The number of sulfonamides is 1. The van der Waals surface area contributed by atoms with Crippen LogP contribution in [0.1, 0.15) is 111 Å². The second kappa shape index (κ2) is 19.7. The number of nitrogens with zero attached hydrogens (tertiary/aromatic N) is 4. The quantitative estimate of drug-likeness (QED) is 0.230. The number of β-amino-alcohol motifs (C(OH)–C–C–N with tert-alkyl or cyclic N) is 1. The lowest BCUT2D eigenvalue weighted by Gasteiger charge is -2.36. The lowest BCUT2D eigenvalue weighted by molar-refractivity contribution is -0.144. The molecule has 0 spiro atoms. The first kappa shape index (κ1) is 51.3. The van der Waals surface area contributed by atoms with Crippen LogP contribution in [0.25, 0.3) is 11.0 Å². The van der Waals surface area contributed by atoms with Crippen molar-refractivity contribution in [1.82, 2.24) is 35.1 Å². The number of carbonyl (C=O) groups excluding carboxylic acids is 4. The average molecular weight is 984 g/mol. The number of hydrogen-bond donors (Lipinski definition) is 4. The van der Waals surface area contributed by atoms with Crippen LogP contribution in [-0.4, -0.2) is 138 Å². The maximum absolute atomic E-state index is 16.3. The summed E-state index contributed by atoms with van der Waals surface area (Å²) < 4.78 is 105. The van der Waals surface area contributed by atoms with Gasteiger partial charge in [-0.3, -0.25) is 19.1 Å². The molecule has 3 aliphatic carbocycles. The lowest BCUT2D eigenvalue weighted by Crippen LogP contribution is -2.61. The van der Waals surface area contributed by atoms with Gasteiger partial charge in [-0.2, -0.15) is 8.78 Å². The SMILES string of the molecule is CC[C@@H]1[C@@H]2CN(C(=O)[C@H](C(C)(C)C)NC(=O)O[C@@H]3C[C@H]3CCCCC(F)(F)c3nc4ccc(OC)cc4nc3O2)[C@@H]1C(=O)N[C@]1(C(=O)NS(=O)(=O)C2(C)CC2)C[C@H]1C(F)F.OCCN1CCCC1. The summed E-state index contributed by atoms with van der Waals surface area (Å²) in [6, 6.07) is 1.59. The molecule has 0 unspecified atom stereocenters. The van der Waals surface area contributed by atoms with Gasteiger partial charge in [0, 0.05) is 24.9 Å². The molecule has 68 heavy (non-hydrogen) atoms. The van der Waals surface area contributed by atoms with Crippen molar-refractivity contribution in [1.29, 1.82) is 0 Å². The maximum Gasteiger partial charge on any atom is 0.408 e. The number of methoxy groups -OCH3 is 1. The Morgan fingerprint density at radius 1 is 1.03 bits per heavy atom. The van der Waals surface area contributed by atoms with Gasteiger partial charge in [0.15, 0.2) is 5.69 Å². The van der Waals surface area contributed by atoms with Crippen LogP contribution in [0, 0.1) is 23.2 Å². The minimum Gasteiger partial charge on any atom is -0.497 e. The highest BCUT2D eigenvalue weighted by Crippen LogP contribution is 2.50. The molecule has 4 N–H and O–H groups in total. The number of benzene rings is 1. The molecule has 5 fully saturated rings. The summed E-state index contributed by atoms with van der Waals surface area (Å²) in [5, 5.41) is 13.5. The highest BCUT2D eigenvalue weighted by Gasteiger charge is 2.68. The molecule has 0 radical (unpaired) electrons. The molecule has 4 amide bonds. The Labute approximate surface area is 394 Å². The van der Waals surface area contributed by atoms with E-state index in [1.165, 1.54) is 52.1 Å². The highest BCUT2D eigenvalue weighted by atomic mass is 32.2. The van der Waals surface area contributed by atoms with E-state index < -0.39 is 129 Å². The van der Waals surface area contributed by atoms with Crippen molar-refractivity contribution < 1.29 is 64.5 Å². The smallest absolute Gasteiger partial charge is 0.408 e. The summed E-state index contributed by atoms with van der Waals surface area (Å²) in [6.07, 6.45) is -2.27. The minimum absolute atomic E-state index is 0.0516. The van der Waals surface area contributed by atoms with E-state index in [0.717, 1.165) is 11.4 Å². The topological polar surface area (TPSA) is 219 Å². The molecule has 1 aromatic carbocycles. The molecule has 3 saturated carbocycles. The lowest BCUT2D eigenvalue weighted by atomic mass is 9.85. The van der Waals surface area contributed by atoms with E-state index in [1.54, 1.807) is 33.8 Å². The molecule has 2 bridgehead atoms. The van der Waals surface area contributed by atoms with E-state index in [9.17, 15) is 36.4 Å². The molecule has 22 heteroatoms. The molecule has 1 aromatic heterocycles. The van der Waals surface area contributed by atoms with Crippen LogP contribution in [0.2, 0.25) is 0 Å². The first-order valence-electron chi connectivity index (χ1n) is 23.7. The fourth-order valence-electron chi connectivity index (χ4n) is 9.58. The third-order valence-corrected chi connectivity index (χ3v) is 16.5. The van der Waals surface area contributed by atoms with E-state index in [2.05, 4.69) is 25.5 Å². The summed E-state index contributed by atoms with van der Waals surface area (Å²) in [4.78, 5) is 68.6. The minimum atomic E-state index is -4.31. The fourth-order valence-corrected chi connectivity index (χ4v) is 10.9. The number of aliphatic hydroxyl groups excluding tert-OH is 1. The van der Waals surface area contributed by atoms with Crippen molar-refractivity contribution in [2.75, 3.05) is 39.9 Å². The van der Waals surface area contributed by atoms with Gasteiger partial charge in [0.25, 0.3) is 11.8 Å². The number of amides is 4. The third-order valence-electron chi connectivity index (χ3n) is 14.4. The summed E-state index contributed by atoms with van der Waals surface area (Å²) in [6.45, 7) is 11.2. The molecule has 378 valence electrons. The fraction of sp³-hybridized carbons (Fsp3) is 0.739. The van der Waals surface area contributed by atoms with Crippen molar-refractivity contribution in [2.45, 2.75) is 152 Å². The number of nitrogens with one attached hydrogen (secondary N) is 3. The third kappa shape index (κ3) is 10.9. The number of aliphatic hydroxyl groups is 1. The predicted octanol–water partition coefficient (Wildman–Crippen LogP) is 5.03. The zero-order valence-electron chi connectivity index (χ0n) is 39.5. The van der Waals surface area contributed by atoms with Crippen LogP contribution < -0.4 is 24.8 Å². The molecule has 17 nitrogen and oxygen atoms in total. The molecule has 4 heterocycles. The Morgan fingerprint density at radius 2 is 1.74 bits per heavy atom. The van der Waals surface area contributed by atoms with Crippen molar-refractivity contribution in [3.63, 3.8) is 0 Å². The number of alkyl carbamates (subject to hydrolysis) is 1. The number of carbonyl (C=O) groups is 4. The number of hydrogen-bond acceptors (Lipinski definition) is 13. The Morgan fingerprint density at radius 3 is 2.34 bits per heavy atom. The van der Waals surface area contributed by atoms with Crippen LogP contribution in [-0.2, 0) is 35.1 Å². The zero-order valence-corrected chi connectivity index (χ0v) is 40.3. The van der Waals surface area contributed by atoms with Crippen LogP contribution in [0.15, 0.2) is 18.2 Å². The zero-order chi connectivity index (χ0) is 49.6. The predicted molar refractivity (Wildman–Crippen MR) is 239 cm³/mol. The molecule has 8 rings (SSSR count). The summed E-state index contributed by atoms with van der Waals surface area (Å²) in [5.41, 5.74) is -3.83. The Kier molecular flexibility index (Phi) is 14.8. The largest absolute Gasteiger partial charge is 0.497 e. The van der Waals surface area contributed by atoms with Gasteiger partial charge in [-0.15, -0.1) is 0 Å². The van der Waals surface area contributed by atoms with Gasteiger partial charge in [0.2, 0.25) is 34.1 Å². The number of alkyl halides is 4. The van der Waals surface area contributed by atoms with Gasteiger partial charge in [-0.1, -0.05) is 34.1 Å². The maximum atomic E-state index is 16.3. The molecule has 6 aliphatic rings. The molecule has 8 atom stereocenters. The second-order valence-corrected chi connectivity index (χ2v) is 22.7. The first-order valence-corrected chi connectivity index (χ1v) is 25.1. The van der Waals surface area contributed by atoms with E-state index >= 15 is 8.78 Å². The second-order valence-electron chi connectivity index (χ2n) is 20.5. The molecule has 3 aliphatic heterocycles. The van der Waals surface area contributed by atoms with Gasteiger partial charge in [0.1, 0.15) is 35.6 Å². The molecule has 2 saturated heterocycles. The van der Waals surface area contributed by atoms with E-state index in [-0.39, 0.29) is 42.6 Å². The molecule has 2 aromatic rings. The van der Waals surface area contributed by atoms with Crippen LogP contribution >= 0.6 is 0 Å². The average Bonchev–Trinajstić information content (AvgIpc) is 4.23. The monoisotopic (exact) mass is 983 g/mol. The van der Waals surface area contributed by atoms with E-state index in [1.807, 2.05) is 4.72 Å². The van der Waals surface area contributed by atoms with E-state index in [0.29, 0.717) is 31.6 Å². The normalized spacial score (nSPS) is 30.2. The van der Waals surface area contributed by atoms with Crippen molar-refractivity contribution in [3.05, 3.63) is 23.9 Å². The van der Waals surface area contributed by atoms with Crippen molar-refractivity contribution in [3.8, 4) is 11.6 Å². The van der Waals surface area contributed by atoms with Crippen molar-refractivity contribution >= 4 is 44.9 Å². The van der Waals surface area contributed by atoms with Gasteiger partial charge in [-0.05, 0) is 101 Å². The first-order chi connectivity index (χ1) is 32.0. The summed E-state index contributed by atoms with van der Waals surface area (Å²) in [5.74, 6) is -9.85. The van der Waals surface area contributed by atoms with Gasteiger partial charge < -0.3 is 39.8 Å².